The SMILES string of the molecule is Nc1ccc(S(=O)(=O)[O-])c(O)c1.[Na+]. The molecular weight excluding hydrogens is 205 g/mol. The maximum atomic E-state index is 10.4. The van der Waals surface area contributed by atoms with E-state index >= 15 is 0 Å². The Morgan fingerprint density at radius 3 is 2.31 bits per heavy atom. The molecule has 1 rings (SSSR count). The van der Waals surface area contributed by atoms with E-state index in [1.54, 1.807) is 0 Å². The largest absolute Gasteiger partial charge is 1.00 e. The van der Waals surface area contributed by atoms with Gasteiger partial charge in [0.05, 0.1) is 4.90 Å². The van der Waals surface area contributed by atoms with Crippen LogP contribution in [0.1, 0.15) is 0 Å². The summed E-state index contributed by atoms with van der Waals surface area (Å²) in [6.45, 7) is 0. The molecule has 5 nitrogen and oxygen atoms in total. The van der Waals surface area contributed by atoms with Gasteiger partial charge in [0.15, 0.2) is 0 Å². The first-order valence-corrected chi connectivity index (χ1v) is 4.36. The second-order valence-electron chi connectivity index (χ2n) is 2.18. The first-order chi connectivity index (χ1) is 5.41. The van der Waals surface area contributed by atoms with Crippen molar-refractivity contribution in [1.29, 1.82) is 0 Å². The summed E-state index contributed by atoms with van der Waals surface area (Å²) < 4.78 is 31.2. The minimum atomic E-state index is -4.61. The van der Waals surface area contributed by atoms with Crippen LogP contribution >= 0.6 is 0 Å². The molecule has 0 heterocycles. The number of phenolic OH excluding ortho intramolecular Hbond substituents is 1. The fraction of sp³-hybridized carbons (Fsp3) is 0. The maximum absolute atomic E-state index is 10.4. The van der Waals surface area contributed by atoms with Crippen molar-refractivity contribution in [3.05, 3.63) is 18.2 Å². The number of aromatic hydroxyl groups is 1. The predicted molar refractivity (Wildman–Crippen MR) is 40.5 cm³/mol. The van der Waals surface area contributed by atoms with Gasteiger partial charge >= 0.3 is 29.6 Å². The molecule has 66 valence electrons. The van der Waals surface area contributed by atoms with Crippen LogP contribution in [0, 0.1) is 0 Å². The number of nitrogen functional groups attached to an aromatic ring is 1. The summed E-state index contributed by atoms with van der Waals surface area (Å²) in [5.74, 6) is -0.620. The van der Waals surface area contributed by atoms with Crippen molar-refractivity contribution in [2.45, 2.75) is 4.90 Å². The third-order valence-electron chi connectivity index (χ3n) is 1.25. The summed E-state index contributed by atoms with van der Waals surface area (Å²) in [4.78, 5) is -0.656. The molecule has 1 aromatic carbocycles. The number of anilines is 1. The molecule has 0 spiro atoms. The van der Waals surface area contributed by atoms with Gasteiger partial charge in [0.25, 0.3) is 0 Å². The smallest absolute Gasteiger partial charge is 0.744 e. The Labute approximate surface area is 97.6 Å². The van der Waals surface area contributed by atoms with Gasteiger partial charge in [-0.1, -0.05) is 0 Å². The standard InChI is InChI=1S/C6H7NO4S.Na/c7-4-1-2-6(5(8)3-4)12(9,10)11;/h1-3,8H,7H2,(H,9,10,11);/q;+1/p-1. The summed E-state index contributed by atoms with van der Waals surface area (Å²) in [5.41, 5.74) is 5.41. The van der Waals surface area contributed by atoms with E-state index in [1.807, 2.05) is 0 Å². The van der Waals surface area contributed by atoms with Gasteiger partial charge in [-0.3, -0.25) is 0 Å². The Morgan fingerprint density at radius 1 is 1.38 bits per heavy atom. The average Bonchev–Trinajstić information content (AvgIpc) is 1.83. The van der Waals surface area contributed by atoms with Crippen LogP contribution < -0.4 is 35.3 Å². The molecule has 0 saturated carbocycles. The summed E-state index contributed by atoms with van der Waals surface area (Å²) in [6.07, 6.45) is 0. The monoisotopic (exact) mass is 211 g/mol. The third-order valence-corrected chi connectivity index (χ3v) is 2.14. The van der Waals surface area contributed by atoms with Crippen LogP contribution in [-0.4, -0.2) is 18.1 Å². The van der Waals surface area contributed by atoms with Gasteiger partial charge in [-0.2, -0.15) is 0 Å². The first kappa shape index (κ1) is 12.7. The number of nitrogens with two attached hydrogens (primary N) is 1. The average molecular weight is 211 g/mol. The zero-order chi connectivity index (χ0) is 9.35. The minimum Gasteiger partial charge on any atom is -0.744 e. The summed E-state index contributed by atoms with van der Waals surface area (Å²) in [7, 11) is -4.61. The fourth-order valence-corrected chi connectivity index (χ4v) is 1.30. The molecule has 3 N–H and O–H groups in total. The Bertz CT molecular complexity index is 403. The van der Waals surface area contributed by atoms with Crippen LogP contribution in [0.3, 0.4) is 0 Å². The van der Waals surface area contributed by atoms with Crippen molar-refractivity contribution in [2.75, 3.05) is 5.73 Å². The zero-order valence-electron chi connectivity index (χ0n) is 6.89. The van der Waals surface area contributed by atoms with E-state index in [1.165, 1.54) is 6.07 Å². The van der Waals surface area contributed by atoms with E-state index in [9.17, 15) is 13.0 Å². The second-order valence-corrected chi connectivity index (χ2v) is 3.53. The van der Waals surface area contributed by atoms with Crippen LogP contribution in [-0.2, 0) is 10.1 Å². The molecule has 0 bridgehead atoms. The van der Waals surface area contributed by atoms with Crippen LogP contribution in [0.2, 0.25) is 0 Å². The molecule has 0 saturated heterocycles. The van der Waals surface area contributed by atoms with Crippen molar-refractivity contribution in [3.8, 4) is 5.75 Å². The topological polar surface area (TPSA) is 103 Å². The molecule has 0 aliphatic rings. The molecule has 0 fully saturated rings. The predicted octanol–water partition coefficient (Wildman–Crippen LogP) is -3.12. The Kier molecular flexibility index (Phi) is 4.21. The first-order valence-electron chi connectivity index (χ1n) is 2.95. The molecule has 0 radical (unpaired) electrons. The molecule has 0 unspecified atom stereocenters. The molecule has 13 heavy (non-hydrogen) atoms. The number of hydrogen-bond donors (Lipinski definition) is 2. The molecule has 0 atom stereocenters. The van der Waals surface area contributed by atoms with Crippen molar-refractivity contribution in [1.82, 2.24) is 0 Å². The molecule has 0 aliphatic carbocycles. The van der Waals surface area contributed by atoms with Gasteiger partial charge in [0, 0.05) is 11.8 Å². The fourth-order valence-electron chi connectivity index (χ4n) is 0.746. The van der Waals surface area contributed by atoms with Gasteiger partial charge in [0.1, 0.15) is 15.9 Å². The quantitative estimate of drug-likeness (QED) is 0.290. The Morgan fingerprint density at radius 2 is 1.92 bits per heavy atom. The van der Waals surface area contributed by atoms with Crippen LogP contribution in [0.5, 0.6) is 5.75 Å². The molecule has 0 amide bonds. The minimum absolute atomic E-state index is 0. The second kappa shape index (κ2) is 4.30. The van der Waals surface area contributed by atoms with Crippen molar-refractivity contribution in [3.63, 3.8) is 0 Å². The Hall–Kier alpha value is -0.270. The summed E-state index contributed by atoms with van der Waals surface area (Å²) >= 11 is 0. The molecule has 0 aromatic heterocycles. The van der Waals surface area contributed by atoms with E-state index in [0.717, 1.165) is 12.1 Å². The van der Waals surface area contributed by atoms with E-state index in [2.05, 4.69) is 0 Å². The molecule has 0 aliphatic heterocycles. The number of hydrogen-bond acceptors (Lipinski definition) is 5. The van der Waals surface area contributed by atoms with Gasteiger partial charge in [-0.25, -0.2) is 8.42 Å². The molecule has 7 heteroatoms. The van der Waals surface area contributed by atoms with Gasteiger partial charge in [0.2, 0.25) is 0 Å². The maximum Gasteiger partial charge on any atom is 1.00 e. The van der Waals surface area contributed by atoms with E-state index in [4.69, 9.17) is 10.8 Å². The Balaban J connectivity index is 0.00000144. The summed E-state index contributed by atoms with van der Waals surface area (Å²) in [6, 6.07) is 3.20. The van der Waals surface area contributed by atoms with Crippen molar-refractivity contribution >= 4 is 15.8 Å². The number of phenols is 1. The number of benzene rings is 1. The zero-order valence-corrected chi connectivity index (χ0v) is 9.71. The molecular formula is C6H6NNaO4S. The van der Waals surface area contributed by atoms with Gasteiger partial charge < -0.3 is 15.4 Å². The normalized spacial score (nSPS) is 10.5. The van der Waals surface area contributed by atoms with E-state index in [0.29, 0.717) is 0 Å². The molecule has 1 aromatic rings. The van der Waals surface area contributed by atoms with E-state index in [-0.39, 0.29) is 35.2 Å². The van der Waals surface area contributed by atoms with Crippen LogP contribution in [0.15, 0.2) is 23.1 Å². The summed E-state index contributed by atoms with van der Waals surface area (Å²) in [5, 5.41) is 8.97. The van der Waals surface area contributed by atoms with Crippen LogP contribution in [0.25, 0.3) is 0 Å². The van der Waals surface area contributed by atoms with Crippen molar-refractivity contribution in [2.24, 2.45) is 0 Å². The van der Waals surface area contributed by atoms with E-state index < -0.39 is 20.8 Å². The van der Waals surface area contributed by atoms with Gasteiger partial charge in [-0.05, 0) is 12.1 Å². The number of rotatable bonds is 1. The van der Waals surface area contributed by atoms with Crippen LogP contribution in [0.4, 0.5) is 5.69 Å². The third kappa shape index (κ3) is 3.17. The van der Waals surface area contributed by atoms with Gasteiger partial charge in [-0.15, -0.1) is 0 Å². The van der Waals surface area contributed by atoms with Crippen molar-refractivity contribution < 1.29 is 47.6 Å².